The molecule has 2 rings (SSSR count). The number of benzene rings is 1. The molecule has 1 saturated heterocycles. The lowest BCUT2D eigenvalue weighted by Gasteiger charge is -2.30. The highest BCUT2D eigenvalue weighted by molar-refractivity contribution is 7.98. The molecule has 0 saturated carbocycles. The maximum atomic E-state index is 2.47. The Hall–Kier alpha value is -0.430. The summed E-state index contributed by atoms with van der Waals surface area (Å²) in [6.45, 7) is 7.35. The molecule has 88 valence electrons. The van der Waals surface area contributed by atoms with Crippen molar-refractivity contribution >= 4 is 10.9 Å². The van der Waals surface area contributed by atoms with E-state index in [1.54, 1.807) is 0 Å². The van der Waals surface area contributed by atoms with E-state index in [-0.39, 0.29) is 0 Å². The van der Waals surface area contributed by atoms with Crippen molar-refractivity contribution in [3.05, 3.63) is 35.9 Å². The van der Waals surface area contributed by atoms with E-state index in [2.05, 4.69) is 51.1 Å². The average molecular weight is 235 g/mol. The molecule has 1 aromatic rings. The summed E-state index contributed by atoms with van der Waals surface area (Å²) < 4.78 is 0.470. The van der Waals surface area contributed by atoms with Gasteiger partial charge in [-0.2, -0.15) is 0 Å². The van der Waals surface area contributed by atoms with Crippen LogP contribution in [0.25, 0.3) is 0 Å². The highest BCUT2D eigenvalue weighted by Crippen LogP contribution is 2.38. The quantitative estimate of drug-likeness (QED) is 0.695. The van der Waals surface area contributed by atoms with Gasteiger partial charge in [-0.1, -0.05) is 37.3 Å². The molecule has 1 aliphatic heterocycles. The molecule has 0 aromatic heterocycles. The molecule has 0 amide bonds. The van der Waals surface area contributed by atoms with Crippen LogP contribution >= 0.6 is 0 Å². The van der Waals surface area contributed by atoms with Crippen LogP contribution in [-0.4, -0.2) is 16.3 Å². The largest absolute Gasteiger partial charge is 0.129 e. The molecule has 1 aliphatic rings. The summed E-state index contributed by atoms with van der Waals surface area (Å²) in [5, 5.41) is 0. The van der Waals surface area contributed by atoms with Gasteiger partial charge in [0.2, 0.25) is 0 Å². The van der Waals surface area contributed by atoms with Crippen LogP contribution in [0, 0.1) is 0 Å². The molecule has 1 atom stereocenters. The first-order chi connectivity index (χ1) is 7.62. The molecule has 0 bridgehead atoms. The van der Waals surface area contributed by atoms with E-state index >= 15 is 0 Å². The lowest BCUT2D eigenvalue weighted by Crippen LogP contribution is -2.38. The molecule has 1 fully saturated rings. The standard InChI is InChI=1S/C15H23S/c1-13(14-9-5-4-6-10-14)15(2,3)16-11-7-8-12-16/h4-6,9-10,13H,7-8,11-12H2,1-3H3/q+1. The Labute approximate surface area is 103 Å². The van der Waals surface area contributed by atoms with Crippen LogP contribution < -0.4 is 0 Å². The number of hydrogen-bond donors (Lipinski definition) is 0. The third kappa shape index (κ3) is 2.29. The topological polar surface area (TPSA) is 0 Å². The lowest BCUT2D eigenvalue weighted by molar-refractivity contribution is 0.580. The van der Waals surface area contributed by atoms with Gasteiger partial charge in [0.15, 0.2) is 0 Å². The molecule has 1 heteroatoms. The Balaban J connectivity index is 2.16. The fourth-order valence-corrected chi connectivity index (χ4v) is 5.57. The Morgan fingerprint density at radius 2 is 1.62 bits per heavy atom. The van der Waals surface area contributed by atoms with Gasteiger partial charge in [-0.3, -0.25) is 0 Å². The molecule has 1 unspecified atom stereocenters. The van der Waals surface area contributed by atoms with Gasteiger partial charge < -0.3 is 0 Å². The van der Waals surface area contributed by atoms with Gasteiger partial charge in [-0.25, -0.2) is 0 Å². The lowest BCUT2D eigenvalue weighted by atomic mass is 9.89. The summed E-state index contributed by atoms with van der Waals surface area (Å²) in [5.74, 6) is 3.60. The Morgan fingerprint density at radius 3 is 2.19 bits per heavy atom. The minimum absolute atomic E-state index is 0.470. The van der Waals surface area contributed by atoms with Crippen LogP contribution in [0.2, 0.25) is 0 Å². The normalized spacial score (nSPS) is 19.9. The van der Waals surface area contributed by atoms with Gasteiger partial charge in [0, 0.05) is 5.92 Å². The second-order valence-electron chi connectivity index (χ2n) is 5.34. The van der Waals surface area contributed by atoms with Gasteiger partial charge >= 0.3 is 0 Å². The zero-order valence-corrected chi connectivity index (χ0v) is 11.5. The number of hydrogen-bond acceptors (Lipinski definition) is 0. The second-order valence-corrected chi connectivity index (χ2v) is 8.20. The fourth-order valence-electron chi connectivity index (χ4n) is 2.57. The van der Waals surface area contributed by atoms with Crippen molar-refractivity contribution in [1.29, 1.82) is 0 Å². The van der Waals surface area contributed by atoms with Crippen LogP contribution in [0.4, 0.5) is 0 Å². The van der Waals surface area contributed by atoms with E-state index < -0.39 is 0 Å². The fraction of sp³-hybridized carbons (Fsp3) is 0.600. The maximum absolute atomic E-state index is 2.47. The van der Waals surface area contributed by atoms with Crippen molar-refractivity contribution in [2.75, 3.05) is 11.5 Å². The Bertz CT molecular complexity index is 323. The first-order valence-electron chi connectivity index (χ1n) is 6.35. The van der Waals surface area contributed by atoms with Gasteiger partial charge in [0.1, 0.15) is 16.3 Å². The van der Waals surface area contributed by atoms with Crippen LogP contribution in [-0.2, 0) is 10.9 Å². The smallest absolute Gasteiger partial charge is 0.0622 e. The summed E-state index contributed by atoms with van der Waals surface area (Å²) in [6.07, 6.45) is 2.90. The highest BCUT2D eigenvalue weighted by atomic mass is 32.2. The molecule has 0 aliphatic carbocycles. The van der Waals surface area contributed by atoms with Crippen molar-refractivity contribution in [2.45, 2.75) is 44.3 Å². The predicted octanol–water partition coefficient (Wildman–Crippen LogP) is 3.98. The van der Waals surface area contributed by atoms with Gasteiger partial charge in [-0.15, -0.1) is 0 Å². The second kappa shape index (κ2) is 4.83. The average Bonchev–Trinajstić information content (AvgIpc) is 2.83. The molecule has 0 N–H and O–H groups in total. The van der Waals surface area contributed by atoms with Crippen molar-refractivity contribution in [3.63, 3.8) is 0 Å². The van der Waals surface area contributed by atoms with Gasteiger partial charge in [0.05, 0.1) is 0 Å². The molecule has 16 heavy (non-hydrogen) atoms. The van der Waals surface area contributed by atoms with Crippen LogP contribution in [0.1, 0.15) is 45.1 Å². The van der Waals surface area contributed by atoms with Gasteiger partial charge in [-0.05, 0) is 43.1 Å². The third-order valence-electron chi connectivity index (χ3n) is 4.12. The van der Waals surface area contributed by atoms with Crippen molar-refractivity contribution in [1.82, 2.24) is 0 Å². The summed E-state index contributed by atoms with van der Waals surface area (Å²) in [6, 6.07) is 11.0. The van der Waals surface area contributed by atoms with E-state index in [1.807, 2.05) is 0 Å². The Morgan fingerprint density at radius 1 is 1.06 bits per heavy atom. The van der Waals surface area contributed by atoms with E-state index in [4.69, 9.17) is 0 Å². The highest BCUT2D eigenvalue weighted by Gasteiger charge is 2.45. The zero-order valence-electron chi connectivity index (χ0n) is 10.7. The molecular weight excluding hydrogens is 212 g/mol. The molecular formula is C15H23S+. The summed E-state index contributed by atoms with van der Waals surface area (Å²) in [7, 11) is 0.632. The van der Waals surface area contributed by atoms with E-state index in [0.29, 0.717) is 21.6 Å². The van der Waals surface area contributed by atoms with Crippen molar-refractivity contribution in [2.24, 2.45) is 0 Å². The van der Waals surface area contributed by atoms with Crippen molar-refractivity contribution in [3.8, 4) is 0 Å². The van der Waals surface area contributed by atoms with Crippen molar-refractivity contribution < 1.29 is 0 Å². The SMILES string of the molecule is CC(c1ccccc1)C(C)(C)[S+]1CCCC1. The van der Waals surface area contributed by atoms with Crippen LogP contribution in [0.5, 0.6) is 0 Å². The number of rotatable bonds is 3. The first-order valence-corrected chi connectivity index (χ1v) is 7.91. The molecule has 1 heterocycles. The molecule has 0 nitrogen and oxygen atoms in total. The minimum Gasteiger partial charge on any atom is -0.0622 e. The van der Waals surface area contributed by atoms with Gasteiger partial charge in [0.25, 0.3) is 0 Å². The first kappa shape index (κ1) is 12.0. The summed E-state index contributed by atoms with van der Waals surface area (Å²) >= 11 is 0. The monoisotopic (exact) mass is 235 g/mol. The van der Waals surface area contributed by atoms with E-state index in [9.17, 15) is 0 Å². The maximum Gasteiger partial charge on any atom is 0.129 e. The minimum atomic E-state index is 0.470. The third-order valence-corrected chi connectivity index (χ3v) is 7.52. The van der Waals surface area contributed by atoms with Crippen LogP contribution in [0.15, 0.2) is 30.3 Å². The summed E-state index contributed by atoms with van der Waals surface area (Å²) in [5.41, 5.74) is 1.51. The zero-order chi connectivity index (χ0) is 11.6. The van der Waals surface area contributed by atoms with Crippen LogP contribution in [0.3, 0.4) is 0 Å². The Kier molecular flexibility index (Phi) is 3.63. The predicted molar refractivity (Wildman–Crippen MR) is 75.3 cm³/mol. The van der Waals surface area contributed by atoms with E-state index in [0.717, 1.165) is 0 Å². The molecule has 0 radical (unpaired) electrons. The molecule has 0 spiro atoms. The summed E-state index contributed by atoms with van der Waals surface area (Å²) in [4.78, 5) is 0. The molecule has 1 aromatic carbocycles. The van der Waals surface area contributed by atoms with E-state index in [1.165, 1.54) is 29.9 Å².